The van der Waals surface area contributed by atoms with E-state index in [0.29, 0.717) is 11.3 Å². The third-order valence-corrected chi connectivity index (χ3v) is 5.90. The summed E-state index contributed by atoms with van der Waals surface area (Å²) in [5.74, 6) is 0. The SMILES string of the molecule is C[C@H]1CC(NCc2cscn2)c2ccsc2S1. The minimum Gasteiger partial charge on any atom is -0.304 e. The molecule has 1 N–H and O–H groups in total. The third kappa shape index (κ3) is 2.57. The number of hydrogen-bond donors (Lipinski definition) is 1. The van der Waals surface area contributed by atoms with Crippen molar-refractivity contribution in [1.82, 2.24) is 10.3 Å². The minimum absolute atomic E-state index is 0.495. The van der Waals surface area contributed by atoms with E-state index in [1.165, 1.54) is 16.2 Å². The zero-order valence-electron chi connectivity index (χ0n) is 9.55. The highest BCUT2D eigenvalue weighted by Gasteiger charge is 2.25. The van der Waals surface area contributed by atoms with Crippen LogP contribution in [-0.2, 0) is 6.54 Å². The van der Waals surface area contributed by atoms with Gasteiger partial charge >= 0.3 is 0 Å². The van der Waals surface area contributed by atoms with Crippen LogP contribution in [0.2, 0.25) is 0 Å². The molecule has 0 amide bonds. The van der Waals surface area contributed by atoms with E-state index in [-0.39, 0.29) is 0 Å². The van der Waals surface area contributed by atoms with Gasteiger partial charge in [-0.2, -0.15) is 0 Å². The van der Waals surface area contributed by atoms with Crippen molar-refractivity contribution in [1.29, 1.82) is 0 Å². The highest BCUT2D eigenvalue weighted by molar-refractivity contribution is 8.01. The van der Waals surface area contributed by atoms with Gasteiger partial charge in [0.2, 0.25) is 0 Å². The minimum atomic E-state index is 0.495. The van der Waals surface area contributed by atoms with E-state index in [1.54, 1.807) is 11.3 Å². The van der Waals surface area contributed by atoms with E-state index in [2.05, 4.69) is 34.1 Å². The zero-order valence-corrected chi connectivity index (χ0v) is 12.0. The van der Waals surface area contributed by atoms with Gasteiger partial charge in [0.05, 0.1) is 15.4 Å². The summed E-state index contributed by atoms with van der Waals surface area (Å²) in [5, 5.41) is 8.65. The Morgan fingerprint density at radius 2 is 2.47 bits per heavy atom. The van der Waals surface area contributed by atoms with Crippen LogP contribution < -0.4 is 5.32 Å². The Bertz CT molecular complexity index is 478. The van der Waals surface area contributed by atoms with Crippen LogP contribution in [0.25, 0.3) is 0 Å². The lowest BCUT2D eigenvalue weighted by atomic mass is 10.0. The Morgan fingerprint density at radius 1 is 1.53 bits per heavy atom. The number of aromatic nitrogens is 1. The molecular formula is C12H14N2S3. The molecule has 17 heavy (non-hydrogen) atoms. The Hall–Kier alpha value is -0.360. The summed E-state index contributed by atoms with van der Waals surface area (Å²) in [5.41, 5.74) is 4.53. The Balaban J connectivity index is 1.71. The van der Waals surface area contributed by atoms with Gasteiger partial charge in [0, 0.05) is 23.2 Å². The summed E-state index contributed by atoms with van der Waals surface area (Å²) in [6.07, 6.45) is 1.21. The molecule has 0 radical (unpaired) electrons. The monoisotopic (exact) mass is 282 g/mol. The lowest BCUT2D eigenvalue weighted by Crippen LogP contribution is -2.26. The molecule has 2 nitrogen and oxygen atoms in total. The number of nitrogens with zero attached hydrogens (tertiary/aromatic N) is 1. The number of thiazole rings is 1. The molecule has 0 saturated heterocycles. The van der Waals surface area contributed by atoms with Gasteiger partial charge < -0.3 is 5.32 Å². The number of hydrogen-bond acceptors (Lipinski definition) is 5. The van der Waals surface area contributed by atoms with Gasteiger partial charge in [0.25, 0.3) is 0 Å². The van der Waals surface area contributed by atoms with Crippen molar-refractivity contribution in [3.05, 3.63) is 33.6 Å². The van der Waals surface area contributed by atoms with E-state index < -0.39 is 0 Å². The molecule has 2 atom stereocenters. The lowest BCUT2D eigenvalue weighted by Gasteiger charge is -2.27. The van der Waals surface area contributed by atoms with Gasteiger partial charge in [0.15, 0.2) is 0 Å². The number of nitrogens with one attached hydrogen (secondary N) is 1. The van der Waals surface area contributed by atoms with Crippen LogP contribution in [0.5, 0.6) is 0 Å². The molecule has 1 unspecified atom stereocenters. The average molecular weight is 282 g/mol. The maximum Gasteiger partial charge on any atom is 0.0795 e. The molecule has 0 spiro atoms. The second kappa shape index (κ2) is 5.10. The fourth-order valence-corrected chi connectivity index (χ4v) is 5.22. The topological polar surface area (TPSA) is 24.9 Å². The standard InChI is InChI=1S/C12H14N2S3/c1-8-4-11(10-2-3-16-12(10)17-8)13-5-9-6-15-7-14-9/h2-3,6-8,11,13H,4-5H2,1H3/t8-,11?/m0/s1. The molecule has 1 aliphatic rings. The lowest BCUT2D eigenvalue weighted by molar-refractivity contribution is 0.485. The van der Waals surface area contributed by atoms with E-state index in [9.17, 15) is 0 Å². The molecule has 0 aliphatic carbocycles. The van der Waals surface area contributed by atoms with E-state index >= 15 is 0 Å². The summed E-state index contributed by atoms with van der Waals surface area (Å²) < 4.78 is 1.49. The smallest absolute Gasteiger partial charge is 0.0795 e. The largest absolute Gasteiger partial charge is 0.304 e. The summed E-state index contributed by atoms with van der Waals surface area (Å²) in [6, 6.07) is 2.76. The number of rotatable bonds is 3. The van der Waals surface area contributed by atoms with Gasteiger partial charge in [-0.05, 0) is 23.4 Å². The summed E-state index contributed by atoms with van der Waals surface area (Å²) in [6.45, 7) is 3.19. The summed E-state index contributed by atoms with van der Waals surface area (Å²) in [7, 11) is 0. The molecule has 2 aromatic heterocycles. The van der Waals surface area contributed by atoms with Crippen molar-refractivity contribution in [2.75, 3.05) is 0 Å². The normalized spacial score (nSPS) is 23.6. The third-order valence-electron chi connectivity index (χ3n) is 2.92. The molecule has 0 fully saturated rings. The van der Waals surface area contributed by atoms with Crippen LogP contribution in [0.4, 0.5) is 0 Å². The highest BCUT2D eigenvalue weighted by atomic mass is 32.2. The molecule has 0 bridgehead atoms. The van der Waals surface area contributed by atoms with E-state index in [1.807, 2.05) is 28.6 Å². The Labute approximate surface area is 113 Å². The maximum absolute atomic E-state index is 4.32. The van der Waals surface area contributed by atoms with Crippen LogP contribution in [0, 0.1) is 0 Å². The predicted molar refractivity (Wildman–Crippen MR) is 75.9 cm³/mol. The van der Waals surface area contributed by atoms with Gasteiger partial charge in [-0.3, -0.25) is 0 Å². The molecule has 0 saturated carbocycles. The molecule has 3 rings (SSSR count). The number of thiophene rings is 1. The second-order valence-corrected chi connectivity index (χ2v) is 7.58. The van der Waals surface area contributed by atoms with E-state index in [4.69, 9.17) is 0 Å². The van der Waals surface area contributed by atoms with E-state index in [0.717, 1.165) is 12.2 Å². The van der Waals surface area contributed by atoms with Gasteiger partial charge in [0.1, 0.15) is 0 Å². The van der Waals surface area contributed by atoms with Crippen LogP contribution >= 0.6 is 34.4 Å². The first-order chi connectivity index (χ1) is 8.33. The molecule has 1 aliphatic heterocycles. The van der Waals surface area contributed by atoms with Crippen molar-refractivity contribution in [3.63, 3.8) is 0 Å². The van der Waals surface area contributed by atoms with Crippen LogP contribution in [0.3, 0.4) is 0 Å². The predicted octanol–water partition coefficient (Wildman–Crippen LogP) is 3.92. The van der Waals surface area contributed by atoms with Crippen molar-refractivity contribution >= 4 is 34.4 Å². The number of thioether (sulfide) groups is 1. The summed E-state index contributed by atoms with van der Waals surface area (Å²) >= 11 is 5.54. The fraction of sp³-hybridized carbons (Fsp3) is 0.417. The Morgan fingerprint density at radius 3 is 3.29 bits per heavy atom. The fourth-order valence-electron chi connectivity index (χ4n) is 2.10. The van der Waals surface area contributed by atoms with Crippen LogP contribution in [0.15, 0.2) is 26.5 Å². The molecule has 90 valence electrons. The highest BCUT2D eigenvalue weighted by Crippen LogP contribution is 2.43. The van der Waals surface area contributed by atoms with Crippen molar-refractivity contribution < 1.29 is 0 Å². The molecule has 0 aromatic carbocycles. The first kappa shape index (κ1) is 11.7. The first-order valence-electron chi connectivity index (χ1n) is 5.67. The van der Waals surface area contributed by atoms with Gasteiger partial charge in [-0.25, -0.2) is 4.98 Å². The molecule has 5 heteroatoms. The zero-order chi connectivity index (χ0) is 11.7. The maximum atomic E-state index is 4.32. The average Bonchev–Trinajstić information content (AvgIpc) is 2.95. The van der Waals surface area contributed by atoms with Crippen molar-refractivity contribution in [2.45, 2.75) is 35.4 Å². The molecular weight excluding hydrogens is 268 g/mol. The van der Waals surface area contributed by atoms with Crippen molar-refractivity contribution in [3.8, 4) is 0 Å². The van der Waals surface area contributed by atoms with Gasteiger partial charge in [-0.1, -0.05) is 6.92 Å². The Kier molecular flexibility index (Phi) is 3.51. The second-order valence-electron chi connectivity index (χ2n) is 4.24. The quantitative estimate of drug-likeness (QED) is 0.923. The van der Waals surface area contributed by atoms with Crippen LogP contribution in [0.1, 0.15) is 30.6 Å². The molecule has 3 heterocycles. The summed E-state index contributed by atoms with van der Waals surface area (Å²) in [4.78, 5) is 4.32. The number of fused-ring (bicyclic) bond motifs is 1. The molecule has 2 aromatic rings. The van der Waals surface area contributed by atoms with Crippen LogP contribution in [-0.4, -0.2) is 10.2 Å². The van der Waals surface area contributed by atoms with Gasteiger partial charge in [-0.15, -0.1) is 34.4 Å². The van der Waals surface area contributed by atoms with Crippen molar-refractivity contribution in [2.24, 2.45) is 0 Å². The first-order valence-corrected chi connectivity index (χ1v) is 8.37.